The molecule has 1 saturated heterocycles. The van der Waals surface area contributed by atoms with Gasteiger partial charge in [0.15, 0.2) is 5.78 Å². The lowest BCUT2D eigenvalue weighted by molar-refractivity contribution is 0.0274. The van der Waals surface area contributed by atoms with Crippen molar-refractivity contribution in [3.63, 3.8) is 0 Å². The summed E-state index contributed by atoms with van der Waals surface area (Å²) in [7, 11) is 0. The SMILES string of the molecule is CC(C)(C)OC(=O)N1CC[C@](Cc2ccccc2)(C(=O)c2ccc3[nH]ccc3c2)C1. The number of fused-ring (bicyclic) bond motifs is 1. The molecule has 5 heteroatoms. The first-order chi connectivity index (χ1) is 14.3. The van der Waals surface area contributed by atoms with Gasteiger partial charge in [-0.1, -0.05) is 30.3 Å². The van der Waals surface area contributed by atoms with E-state index in [1.165, 1.54) is 0 Å². The molecule has 4 rings (SSSR count). The summed E-state index contributed by atoms with van der Waals surface area (Å²) in [6, 6.07) is 17.8. The molecule has 5 nitrogen and oxygen atoms in total. The van der Waals surface area contributed by atoms with Crippen molar-refractivity contribution < 1.29 is 14.3 Å². The van der Waals surface area contributed by atoms with Crippen molar-refractivity contribution >= 4 is 22.8 Å². The molecule has 0 spiro atoms. The standard InChI is InChI=1S/C25H28N2O3/c1-24(2,3)30-23(29)27-14-12-25(17-27,16-18-7-5-4-6-8-18)22(28)20-9-10-21-19(15-20)11-13-26-21/h4-11,13,15,26H,12,14,16-17H2,1-3H3/t25-/m1/s1. The third-order valence-electron chi connectivity index (χ3n) is 5.69. The molecule has 1 aliphatic heterocycles. The van der Waals surface area contributed by atoms with Gasteiger partial charge >= 0.3 is 6.09 Å². The quantitative estimate of drug-likeness (QED) is 0.607. The zero-order chi connectivity index (χ0) is 21.4. The minimum atomic E-state index is -0.664. The molecule has 0 bridgehead atoms. The largest absolute Gasteiger partial charge is 0.444 e. The molecule has 1 N–H and O–H groups in total. The van der Waals surface area contributed by atoms with E-state index in [1.54, 1.807) is 4.90 Å². The van der Waals surface area contributed by atoms with Gasteiger partial charge in [-0.3, -0.25) is 4.79 Å². The molecule has 0 aliphatic carbocycles. The third-order valence-corrected chi connectivity index (χ3v) is 5.69. The van der Waals surface area contributed by atoms with Crippen LogP contribution in [-0.2, 0) is 11.2 Å². The Hall–Kier alpha value is -3.08. The highest BCUT2D eigenvalue weighted by Gasteiger charge is 2.47. The number of amides is 1. The molecule has 1 amide bonds. The summed E-state index contributed by atoms with van der Waals surface area (Å²) >= 11 is 0. The lowest BCUT2D eigenvalue weighted by Crippen LogP contribution is -2.40. The summed E-state index contributed by atoms with van der Waals surface area (Å²) in [5, 5.41) is 1.01. The number of benzene rings is 2. The van der Waals surface area contributed by atoms with Crippen molar-refractivity contribution in [3.05, 3.63) is 71.9 Å². The molecule has 2 heterocycles. The van der Waals surface area contributed by atoms with E-state index in [1.807, 2.05) is 81.6 Å². The minimum absolute atomic E-state index is 0.0838. The molecule has 30 heavy (non-hydrogen) atoms. The van der Waals surface area contributed by atoms with Crippen LogP contribution in [0.25, 0.3) is 10.9 Å². The summed E-state index contributed by atoms with van der Waals surface area (Å²) in [5.41, 5.74) is 1.56. The second-order valence-electron chi connectivity index (χ2n) is 9.20. The van der Waals surface area contributed by atoms with E-state index in [9.17, 15) is 9.59 Å². The number of likely N-dealkylation sites (tertiary alicyclic amines) is 1. The predicted octanol–water partition coefficient (Wildman–Crippen LogP) is 5.22. The van der Waals surface area contributed by atoms with E-state index in [2.05, 4.69) is 4.98 Å². The first-order valence-corrected chi connectivity index (χ1v) is 10.4. The Morgan fingerprint density at radius 2 is 1.87 bits per heavy atom. The number of ether oxygens (including phenoxy) is 1. The smallest absolute Gasteiger partial charge is 0.410 e. The Bertz CT molecular complexity index is 1060. The maximum Gasteiger partial charge on any atom is 0.410 e. The minimum Gasteiger partial charge on any atom is -0.444 e. The molecule has 0 radical (unpaired) electrons. The maximum atomic E-state index is 13.8. The Morgan fingerprint density at radius 1 is 1.10 bits per heavy atom. The molecule has 0 saturated carbocycles. The van der Waals surface area contributed by atoms with Gasteiger partial charge in [0.25, 0.3) is 0 Å². The van der Waals surface area contributed by atoms with Crippen molar-refractivity contribution in [3.8, 4) is 0 Å². The topological polar surface area (TPSA) is 62.4 Å². The summed E-state index contributed by atoms with van der Waals surface area (Å²) in [6.45, 7) is 6.45. The second-order valence-corrected chi connectivity index (χ2v) is 9.20. The number of hydrogen-bond acceptors (Lipinski definition) is 3. The number of hydrogen-bond donors (Lipinski definition) is 1. The van der Waals surface area contributed by atoms with Crippen LogP contribution in [0, 0.1) is 5.41 Å². The highest BCUT2D eigenvalue weighted by Crippen LogP contribution is 2.38. The molecule has 1 atom stereocenters. The van der Waals surface area contributed by atoms with Gasteiger partial charge in [-0.15, -0.1) is 0 Å². The van der Waals surface area contributed by atoms with Crippen molar-refractivity contribution in [2.24, 2.45) is 5.41 Å². The Kier molecular flexibility index (Phi) is 5.14. The van der Waals surface area contributed by atoms with Crippen molar-refractivity contribution in [2.45, 2.75) is 39.2 Å². The van der Waals surface area contributed by atoms with E-state index < -0.39 is 11.0 Å². The highest BCUT2D eigenvalue weighted by molar-refractivity contribution is 6.04. The predicted molar refractivity (Wildman–Crippen MR) is 118 cm³/mol. The summed E-state index contributed by atoms with van der Waals surface area (Å²) in [5.74, 6) is 0.0838. The van der Waals surface area contributed by atoms with Crippen LogP contribution >= 0.6 is 0 Å². The van der Waals surface area contributed by atoms with Crippen LogP contribution in [-0.4, -0.2) is 40.5 Å². The molecule has 2 aromatic carbocycles. The fourth-order valence-corrected chi connectivity index (χ4v) is 4.25. The lowest BCUT2D eigenvalue weighted by Gasteiger charge is -2.29. The van der Waals surface area contributed by atoms with Crippen molar-refractivity contribution in [1.82, 2.24) is 9.88 Å². The zero-order valence-electron chi connectivity index (χ0n) is 17.8. The van der Waals surface area contributed by atoms with Gasteiger partial charge in [-0.2, -0.15) is 0 Å². The summed E-state index contributed by atoms with van der Waals surface area (Å²) in [4.78, 5) is 31.3. The van der Waals surface area contributed by atoms with Crippen LogP contribution in [0.15, 0.2) is 60.8 Å². The van der Waals surface area contributed by atoms with Crippen LogP contribution < -0.4 is 0 Å². The molecule has 1 fully saturated rings. The number of carbonyl (C=O) groups excluding carboxylic acids is 2. The van der Waals surface area contributed by atoms with Crippen LogP contribution in [0.5, 0.6) is 0 Å². The molecule has 156 valence electrons. The van der Waals surface area contributed by atoms with Gasteiger partial charge in [-0.25, -0.2) is 4.79 Å². The van der Waals surface area contributed by atoms with Crippen LogP contribution in [0.4, 0.5) is 4.79 Å². The van der Waals surface area contributed by atoms with Gasteiger partial charge in [-0.05, 0) is 63.4 Å². The molecule has 1 aliphatic rings. The van der Waals surface area contributed by atoms with E-state index in [-0.39, 0.29) is 11.9 Å². The zero-order valence-corrected chi connectivity index (χ0v) is 17.8. The third kappa shape index (κ3) is 4.11. The van der Waals surface area contributed by atoms with Gasteiger partial charge in [0.2, 0.25) is 0 Å². The fourth-order valence-electron chi connectivity index (χ4n) is 4.25. The second kappa shape index (κ2) is 7.63. The number of carbonyl (C=O) groups is 2. The van der Waals surface area contributed by atoms with Crippen molar-refractivity contribution in [1.29, 1.82) is 0 Å². The van der Waals surface area contributed by atoms with E-state index >= 15 is 0 Å². The normalized spacial score (nSPS) is 19.2. The molecular weight excluding hydrogens is 376 g/mol. The number of nitrogens with zero attached hydrogens (tertiary/aromatic N) is 1. The van der Waals surface area contributed by atoms with Crippen LogP contribution in [0.2, 0.25) is 0 Å². The Labute approximate surface area is 177 Å². The lowest BCUT2D eigenvalue weighted by atomic mass is 9.74. The first kappa shape index (κ1) is 20.2. The monoisotopic (exact) mass is 404 g/mol. The number of aromatic nitrogens is 1. The van der Waals surface area contributed by atoms with Gasteiger partial charge in [0.05, 0.1) is 5.41 Å². The maximum absolute atomic E-state index is 13.8. The number of rotatable bonds is 4. The molecular formula is C25H28N2O3. The average molecular weight is 405 g/mol. The van der Waals surface area contributed by atoms with E-state index in [0.717, 1.165) is 16.5 Å². The van der Waals surface area contributed by atoms with Gasteiger partial charge < -0.3 is 14.6 Å². The first-order valence-electron chi connectivity index (χ1n) is 10.4. The highest BCUT2D eigenvalue weighted by atomic mass is 16.6. The van der Waals surface area contributed by atoms with Crippen molar-refractivity contribution in [2.75, 3.05) is 13.1 Å². The summed E-state index contributed by atoms with van der Waals surface area (Å²) in [6.07, 6.45) is 2.73. The number of aromatic amines is 1. The number of Topliss-reactive ketones (excluding diaryl/α,β-unsaturated/α-hetero) is 1. The number of nitrogens with one attached hydrogen (secondary N) is 1. The molecule has 1 aromatic heterocycles. The Balaban J connectivity index is 1.66. The van der Waals surface area contributed by atoms with E-state index in [4.69, 9.17) is 4.74 Å². The number of ketones is 1. The van der Waals surface area contributed by atoms with Crippen LogP contribution in [0.1, 0.15) is 43.1 Å². The Morgan fingerprint density at radius 3 is 2.60 bits per heavy atom. The summed E-state index contributed by atoms with van der Waals surface area (Å²) < 4.78 is 5.57. The van der Waals surface area contributed by atoms with Crippen LogP contribution in [0.3, 0.4) is 0 Å². The fraction of sp³-hybridized carbons (Fsp3) is 0.360. The molecule has 0 unspecified atom stereocenters. The molecule has 3 aromatic rings. The number of H-pyrrole nitrogens is 1. The van der Waals surface area contributed by atoms with Gasteiger partial charge in [0.1, 0.15) is 5.60 Å². The van der Waals surface area contributed by atoms with E-state index in [0.29, 0.717) is 31.5 Å². The average Bonchev–Trinajstić information content (AvgIpc) is 3.34. The van der Waals surface area contributed by atoms with Gasteiger partial charge in [0, 0.05) is 35.8 Å².